The summed E-state index contributed by atoms with van der Waals surface area (Å²) < 4.78 is 58.7. The summed E-state index contributed by atoms with van der Waals surface area (Å²) in [4.78, 5) is 11.2. The van der Waals surface area contributed by atoms with Crippen LogP contribution in [0, 0.1) is 6.92 Å². The highest BCUT2D eigenvalue weighted by molar-refractivity contribution is 7.89. The minimum absolute atomic E-state index is 0.0726. The van der Waals surface area contributed by atoms with Crippen LogP contribution in [0.2, 0.25) is 5.02 Å². The lowest BCUT2D eigenvalue weighted by molar-refractivity contribution is -0.123. The zero-order valence-electron chi connectivity index (χ0n) is 10.1. The van der Waals surface area contributed by atoms with Gasteiger partial charge in [-0.05, 0) is 24.6 Å². The topological polar surface area (TPSA) is 89.3 Å². The number of carbonyl (C=O) groups is 1. The van der Waals surface area contributed by atoms with Crippen molar-refractivity contribution in [3.05, 3.63) is 28.3 Å². The van der Waals surface area contributed by atoms with Crippen LogP contribution in [0.15, 0.2) is 17.0 Å². The van der Waals surface area contributed by atoms with E-state index in [1.54, 1.807) is 5.32 Å². The molecule has 1 rings (SSSR count). The van der Waals surface area contributed by atoms with Crippen molar-refractivity contribution in [3.63, 3.8) is 0 Å². The first-order chi connectivity index (χ1) is 8.92. The Hall–Kier alpha value is -1.32. The highest BCUT2D eigenvalue weighted by atomic mass is 35.5. The highest BCUT2D eigenvalue weighted by Crippen LogP contribution is 2.24. The van der Waals surface area contributed by atoms with Crippen LogP contribution >= 0.6 is 11.6 Å². The van der Waals surface area contributed by atoms with Gasteiger partial charge in [-0.1, -0.05) is 11.6 Å². The fraction of sp³-hybridized carbons (Fsp3) is 0.300. The van der Waals surface area contributed by atoms with E-state index < -0.39 is 33.5 Å². The third kappa shape index (κ3) is 4.36. The molecule has 0 fully saturated rings. The van der Waals surface area contributed by atoms with E-state index in [0.29, 0.717) is 0 Å². The predicted octanol–water partition coefficient (Wildman–Crippen LogP) is 1.59. The van der Waals surface area contributed by atoms with Gasteiger partial charge in [-0.25, -0.2) is 13.6 Å². The average molecular weight is 331 g/mol. The van der Waals surface area contributed by atoms with E-state index in [-0.39, 0.29) is 16.1 Å². The van der Waals surface area contributed by atoms with Crippen LogP contribution in [-0.2, 0) is 10.0 Å². The highest BCUT2D eigenvalue weighted by Gasteiger charge is 2.28. The Morgan fingerprint density at radius 2 is 1.95 bits per heavy atom. The SMILES string of the molecule is Cc1c(C(=O)NCC(F)(F)F)cc(Cl)cc1S(N)(=O)=O. The van der Waals surface area contributed by atoms with Crippen LogP contribution in [0.25, 0.3) is 0 Å². The van der Waals surface area contributed by atoms with Gasteiger partial charge in [0.15, 0.2) is 0 Å². The molecule has 0 heterocycles. The zero-order valence-corrected chi connectivity index (χ0v) is 11.7. The summed E-state index contributed by atoms with van der Waals surface area (Å²) in [5.41, 5.74) is -0.359. The summed E-state index contributed by atoms with van der Waals surface area (Å²) in [5.74, 6) is -1.09. The molecule has 0 aromatic heterocycles. The third-order valence-electron chi connectivity index (χ3n) is 2.33. The standard InChI is InChI=1S/C10H10ClF3N2O3S/c1-5-7(9(17)16-4-10(12,13)14)2-6(11)3-8(5)20(15,18)19/h2-3H,4H2,1H3,(H,16,17)(H2,15,18,19). The molecule has 112 valence electrons. The molecule has 0 saturated carbocycles. The maximum atomic E-state index is 12.0. The molecule has 1 aromatic rings. The van der Waals surface area contributed by atoms with Crippen molar-refractivity contribution >= 4 is 27.5 Å². The predicted molar refractivity (Wildman–Crippen MR) is 66.0 cm³/mol. The second-order valence-corrected chi connectivity index (χ2v) is 5.89. The summed E-state index contributed by atoms with van der Waals surface area (Å²) >= 11 is 5.64. The largest absolute Gasteiger partial charge is 0.405 e. The molecule has 0 bridgehead atoms. The number of halogens is 4. The van der Waals surface area contributed by atoms with Crippen molar-refractivity contribution in [1.29, 1.82) is 0 Å². The van der Waals surface area contributed by atoms with Crippen molar-refractivity contribution in [2.24, 2.45) is 5.14 Å². The molecule has 5 nitrogen and oxygen atoms in total. The lowest BCUT2D eigenvalue weighted by Gasteiger charge is -2.12. The molecule has 1 amide bonds. The van der Waals surface area contributed by atoms with E-state index in [1.165, 1.54) is 6.92 Å². The maximum Gasteiger partial charge on any atom is 0.405 e. The summed E-state index contributed by atoms with van der Waals surface area (Å²) in [6, 6.07) is 2.09. The number of primary sulfonamides is 1. The molecule has 3 N–H and O–H groups in total. The fourth-order valence-corrected chi connectivity index (χ4v) is 2.57. The third-order valence-corrected chi connectivity index (χ3v) is 3.58. The molecule has 0 saturated heterocycles. The molecule has 0 atom stereocenters. The lowest BCUT2D eigenvalue weighted by Crippen LogP contribution is -2.34. The van der Waals surface area contributed by atoms with Gasteiger partial charge in [0.05, 0.1) is 4.90 Å². The van der Waals surface area contributed by atoms with Gasteiger partial charge in [0.1, 0.15) is 6.54 Å². The Morgan fingerprint density at radius 3 is 2.40 bits per heavy atom. The fourth-order valence-electron chi connectivity index (χ4n) is 1.46. The first-order valence-corrected chi connectivity index (χ1v) is 7.02. The number of nitrogens with one attached hydrogen (secondary N) is 1. The van der Waals surface area contributed by atoms with Crippen LogP contribution < -0.4 is 10.5 Å². The lowest BCUT2D eigenvalue weighted by atomic mass is 10.1. The first-order valence-electron chi connectivity index (χ1n) is 5.10. The van der Waals surface area contributed by atoms with E-state index >= 15 is 0 Å². The Kier molecular flexibility index (Phi) is 4.67. The summed E-state index contributed by atoms with van der Waals surface area (Å²) in [7, 11) is -4.14. The molecule has 0 aliphatic heterocycles. The number of carbonyl (C=O) groups excluding carboxylic acids is 1. The van der Waals surface area contributed by atoms with Crippen molar-refractivity contribution in [2.45, 2.75) is 18.0 Å². The van der Waals surface area contributed by atoms with Crippen LogP contribution in [0.3, 0.4) is 0 Å². The molecular weight excluding hydrogens is 321 g/mol. The van der Waals surface area contributed by atoms with Gasteiger partial charge in [0.2, 0.25) is 10.0 Å². The van der Waals surface area contributed by atoms with Crippen molar-refractivity contribution < 1.29 is 26.4 Å². The summed E-state index contributed by atoms with van der Waals surface area (Å²) in [6.45, 7) is -0.291. The number of rotatable bonds is 3. The molecule has 0 unspecified atom stereocenters. The van der Waals surface area contributed by atoms with E-state index in [9.17, 15) is 26.4 Å². The van der Waals surface area contributed by atoms with Gasteiger partial charge < -0.3 is 5.32 Å². The molecule has 0 spiro atoms. The van der Waals surface area contributed by atoms with Crippen LogP contribution in [0.4, 0.5) is 13.2 Å². The first kappa shape index (κ1) is 16.7. The Balaban J connectivity index is 3.20. The van der Waals surface area contributed by atoms with Gasteiger partial charge in [0.25, 0.3) is 5.91 Å². The van der Waals surface area contributed by atoms with E-state index in [4.69, 9.17) is 16.7 Å². The Labute approximate surface area is 118 Å². The van der Waals surface area contributed by atoms with E-state index in [0.717, 1.165) is 12.1 Å². The Morgan fingerprint density at radius 1 is 1.40 bits per heavy atom. The van der Waals surface area contributed by atoms with Gasteiger partial charge in [-0.3, -0.25) is 4.79 Å². The second-order valence-electron chi connectivity index (χ2n) is 3.92. The van der Waals surface area contributed by atoms with Crippen LogP contribution in [0.5, 0.6) is 0 Å². The van der Waals surface area contributed by atoms with Gasteiger partial charge in [-0.15, -0.1) is 0 Å². The average Bonchev–Trinajstić information content (AvgIpc) is 2.26. The minimum Gasteiger partial charge on any atom is -0.343 e. The van der Waals surface area contributed by atoms with Crippen LogP contribution in [0.1, 0.15) is 15.9 Å². The number of amides is 1. The van der Waals surface area contributed by atoms with Crippen molar-refractivity contribution in [3.8, 4) is 0 Å². The summed E-state index contributed by atoms with van der Waals surface area (Å²) in [6.07, 6.45) is -4.58. The normalized spacial score (nSPS) is 12.3. The van der Waals surface area contributed by atoms with E-state index in [2.05, 4.69) is 0 Å². The quantitative estimate of drug-likeness (QED) is 0.882. The molecule has 0 aliphatic carbocycles. The number of benzene rings is 1. The minimum atomic E-state index is -4.58. The molecular formula is C10H10ClF3N2O3S. The molecule has 10 heteroatoms. The van der Waals surface area contributed by atoms with E-state index in [1.807, 2.05) is 0 Å². The van der Waals surface area contributed by atoms with Gasteiger partial charge in [-0.2, -0.15) is 13.2 Å². The molecule has 0 radical (unpaired) electrons. The number of alkyl halides is 3. The molecule has 1 aromatic carbocycles. The number of hydrogen-bond donors (Lipinski definition) is 2. The van der Waals surface area contributed by atoms with Crippen LogP contribution in [-0.4, -0.2) is 27.0 Å². The smallest absolute Gasteiger partial charge is 0.343 e. The number of nitrogens with two attached hydrogens (primary N) is 1. The van der Waals surface area contributed by atoms with Gasteiger partial charge in [0, 0.05) is 10.6 Å². The molecule has 20 heavy (non-hydrogen) atoms. The van der Waals surface area contributed by atoms with Crippen molar-refractivity contribution in [2.75, 3.05) is 6.54 Å². The number of sulfonamides is 1. The van der Waals surface area contributed by atoms with Gasteiger partial charge >= 0.3 is 6.18 Å². The monoisotopic (exact) mass is 330 g/mol. The molecule has 0 aliphatic rings. The maximum absolute atomic E-state index is 12.0. The second kappa shape index (κ2) is 5.58. The Bertz CT molecular complexity index is 644. The zero-order chi connectivity index (χ0) is 15.7. The number of hydrogen-bond acceptors (Lipinski definition) is 3. The van der Waals surface area contributed by atoms with Crippen molar-refractivity contribution in [1.82, 2.24) is 5.32 Å². The summed E-state index contributed by atoms with van der Waals surface area (Å²) in [5, 5.41) is 6.44.